The highest BCUT2D eigenvalue weighted by atomic mass is 19.1. The number of fused-ring (bicyclic) bond motifs is 1. The second-order valence-corrected chi connectivity index (χ2v) is 9.01. The number of carbonyl (C=O) groups is 3. The SMILES string of the molecule is CC.CC.O=C1CCC(N2Cc3c(OCc4ccc(C(O)(O)N5CCOCC5)cc4F)cccc3C2=O)C(=O)N1. The standard InChI is InChI=1S/C25H26FN3O7.2C2H6/c26-19-12-16(25(33,34)28-8-10-35-11-9-28)5-4-15(19)14-36-21-3-1-2-17-18(21)13-29(24(17)32)20-6-7-22(30)27-23(20)31;2*1-2/h1-5,12,20,33-34H,6-11,13-14H2,(H,27,30,31);2*1-2H3. The summed E-state index contributed by atoms with van der Waals surface area (Å²) >= 11 is 0. The number of benzene rings is 2. The zero-order chi connectivity index (χ0) is 29.4. The summed E-state index contributed by atoms with van der Waals surface area (Å²) < 4.78 is 26.0. The number of nitrogens with one attached hydrogen (secondary N) is 1. The molecule has 2 aromatic rings. The third kappa shape index (κ3) is 6.49. The number of carbonyl (C=O) groups excluding carboxylic acids is 3. The van der Waals surface area contributed by atoms with Gasteiger partial charge < -0.3 is 24.6 Å². The highest BCUT2D eigenvalue weighted by molar-refractivity contribution is 6.05. The predicted octanol–water partition coefficient (Wildman–Crippen LogP) is 2.65. The van der Waals surface area contributed by atoms with E-state index in [-0.39, 0.29) is 48.9 Å². The Morgan fingerprint density at radius 1 is 1.07 bits per heavy atom. The maximum absolute atomic E-state index is 14.9. The fourth-order valence-electron chi connectivity index (χ4n) is 4.78. The Morgan fingerprint density at radius 2 is 1.77 bits per heavy atom. The first-order valence-corrected chi connectivity index (χ1v) is 13.7. The lowest BCUT2D eigenvalue weighted by molar-refractivity contribution is -0.287. The van der Waals surface area contributed by atoms with Crippen LogP contribution in [0.5, 0.6) is 5.75 Å². The van der Waals surface area contributed by atoms with Gasteiger partial charge in [-0.3, -0.25) is 19.7 Å². The van der Waals surface area contributed by atoms with Crippen LogP contribution in [0.1, 0.15) is 67.6 Å². The number of piperidine rings is 1. The Hall–Kier alpha value is -3.38. The molecule has 2 aromatic carbocycles. The molecule has 5 rings (SSSR count). The number of hydrogen-bond donors (Lipinski definition) is 3. The second kappa shape index (κ2) is 13.8. The topological polar surface area (TPSA) is 129 Å². The number of ether oxygens (including phenoxy) is 2. The molecule has 2 fully saturated rings. The molecule has 40 heavy (non-hydrogen) atoms. The minimum Gasteiger partial charge on any atom is -0.488 e. The van der Waals surface area contributed by atoms with Crippen molar-refractivity contribution in [3.8, 4) is 5.75 Å². The number of rotatable bonds is 6. The number of halogens is 1. The van der Waals surface area contributed by atoms with E-state index < -0.39 is 23.7 Å². The number of nitrogens with zero attached hydrogens (tertiary/aromatic N) is 2. The van der Waals surface area contributed by atoms with E-state index in [9.17, 15) is 29.0 Å². The Kier molecular flexibility index (Phi) is 10.7. The van der Waals surface area contributed by atoms with E-state index in [1.807, 2.05) is 27.7 Å². The van der Waals surface area contributed by atoms with E-state index in [0.717, 1.165) is 6.07 Å². The van der Waals surface area contributed by atoms with Crippen LogP contribution in [0.2, 0.25) is 0 Å². The van der Waals surface area contributed by atoms with Gasteiger partial charge in [0.05, 0.1) is 19.8 Å². The van der Waals surface area contributed by atoms with Crippen LogP contribution in [0.15, 0.2) is 36.4 Å². The van der Waals surface area contributed by atoms with Gasteiger partial charge in [0.1, 0.15) is 24.2 Å². The fraction of sp³-hybridized carbons (Fsp3) is 0.483. The van der Waals surface area contributed by atoms with Crippen LogP contribution in [0.4, 0.5) is 4.39 Å². The van der Waals surface area contributed by atoms with Crippen LogP contribution in [-0.4, -0.2) is 70.1 Å². The van der Waals surface area contributed by atoms with Crippen molar-refractivity contribution in [1.82, 2.24) is 15.1 Å². The van der Waals surface area contributed by atoms with Crippen molar-refractivity contribution in [2.45, 2.75) is 65.6 Å². The van der Waals surface area contributed by atoms with Crippen LogP contribution in [0.25, 0.3) is 0 Å². The van der Waals surface area contributed by atoms with Gasteiger partial charge in [-0.25, -0.2) is 9.29 Å². The molecule has 3 aliphatic heterocycles. The molecule has 11 heteroatoms. The molecule has 2 saturated heterocycles. The van der Waals surface area contributed by atoms with Gasteiger partial charge in [-0.2, -0.15) is 0 Å². The van der Waals surface area contributed by atoms with Gasteiger partial charge in [0.25, 0.3) is 11.8 Å². The first-order chi connectivity index (χ1) is 19.3. The lowest BCUT2D eigenvalue weighted by atomic mass is 10.0. The molecule has 1 atom stereocenters. The summed E-state index contributed by atoms with van der Waals surface area (Å²) in [6.45, 7) is 9.27. The average molecular weight is 560 g/mol. The van der Waals surface area contributed by atoms with Crippen LogP contribution >= 0.6 is 0 Å². The third-order valence-electron chi connectivity index (χ3n) is 6.81. The predicted molar refractivity (Wildman–Crippen MR) is 144 cm³/mol. The van der Waals surface area contributed by atoms with E-state index in [1.165, 1.54) is 21.9 Å². The van der Waals surface area contributed by atoms with E-state index in [2.05, 4.69) is 5.32 Å². The number of imide groups is 1. The molecule has 0 aromatic heterocycles. The highest BCUT2D eigenvalue weighted by Gasteiger charge is 2.40. The van der Waals surface area contributed by atoms with Gasteiger partial charge in [-0.15, -0.1) is 0 Å². The van der Waals surface area contributed by atoms with Crippen LogP contribution in [0, 0.1) is 5.82 Å². The molecule has 1 unspecified atom stereocenters. The summed E-state index contributed by atoms with van der Waals surface area (Å²) in [5.74, 6) is -3.80. The molecule has 0 aliphatic carbocycles. The first-order valence-electron chi connectivity index (χ1n) is 13.7. The summed E-state index contributed by atoms with van der Waals surface area (Å²) in [7, 11) is 0. The average Bonchev–Trinajstić information content (AvgIpc) is 3.31. The molecule has 0 spiro atoms. The van der Waals surface area contributed by atoms with E-state index in [4.69, 9.17) is 9.47 Å². The van der Waals surface area contributed by atoms with Gasteiger partial charge in [0.2, 0.25) is 11.8 Å². The second-order valence-electron chi connectivity index (χ2n) is 9.01. The van der Waals surface area contributed by atoms with Gasteiger partial charge in [0.15, 0.2) is 0 Å². The quantitative estimate of drug-likeness (QED) is 0.364. The Balaban J connectivity index is 0.00000106. The highest BCUT2D eigenvalue weighted by Crippen LogP contribution is 2.34. The van der Waals surface area contributed by atoms with Gasteiger partial charge in [-0.1, -0.05) is 45.9 Å². The van der Waals surface area contributed by atoms with Gasteiger partial charge in [-0.05, 0) is 24.6 Å². The molecule has 0 bridgehead atoms. The molecular weight excluding hydrogens is 521 g/mol. The molecule has 0 radical (unpaired) electrons. The van der Waals surface area contributed by atoms with Crippen molar-refractivity contribution >= 4 is 17.7 Å². The summed E-state index contributed by atoms with van der Waals surface area (Å²) in [6, 6.07) is 8.13. The Bertz CT molecular complexity index is 1210. The molecule has 3 amide bonds. The maximum Gasteiger partial charge on any atom is 0.255 e. The summed E-state index contributed by atoms with van der Waals surface area (Å²) in [5.41, 5.74) is 1.17. The zero-order valence-corrected chi connectivity index (χ0v) is 23.4. The van der Waals surface area contributed by atoms with E-state index >= 15 is 0 Å². The molecule has 3 aliphatic rings. The molecule has 218 valence electrons. The maximum atomic E-state index is 14.9. The summed E-state index contributed by atoms with van der Waals surface area (Å²) in [5, 5.41) is 23.4. The molecule has 3 heterocycles. The van der Waals surface area contributed by atoms with Crippen LogP contribution in [0.3, 0.4) is 0 Å². The lowest BCUT2D eigenvalue weighted by Gasteiger charge is -2.37. The Morgan fingerprint density at radius 3 is 2.42 bits per heavy atom. The summed E-state index contributed by atoms with van der Waals surface area (Å²) in [6.07, 6.45) is 0.406. The van der Waals surface area contributed by atoms with E-state index in [0.29, 0.717) is 43.2 Å². The van der Waals surface area contributed by atoms with Crippen molar-refractivity contribution < 1.29 is 38.5 Å². The smallest absolute Gasteiger partial charge is 0.255 e. The minimum absolute atomic E-state index is 0.00303. The summed E-state index contributed by atoms with van der Waals surface area (Å²) in [4.78, 5) is 39.5. The molecule has 10 nitrogen and oxygen atoms in total. The van der Waals surface area contributed by atoms with Crippen molar-refractivity contribution in [3.05, 3.63) is 64.5 Å². The molecule has 0 saturated carbocycles. The fourth-order valence-corrected chi connectivity index (χ4v) is 4.78. The van der Waals surface area contributed by atoms with Crippen molar-refractivity contribution in [1.29, 1.82) is 0 Å². The minimum atomic E-state index is -2.33. The Labute approximate surface area is 233 Å². The van der Waals surface area contributed by atoms with Crippen molar-refractivity contribution in [2.24, 2.45) is 0 Å². The monoisotopic (exact) mass is 559 g/mol. The first kappa shape index (κ1) is 31.2. The molecular formula is C29H38FN3O7. The van der Waals surface area contributed by atoms with Crippen LogP contribution < -0.4 is 10.1 Å². The number of hydrogen-bond acceptors (Lipinski definition) is 8. The van der Waals surface area contributed by atoms with E-state index in [1.54, 1.807) is 18.2 Å². The lowest BCUT2D eigenvalue weighted by Crippen LogP contribution is -2.52. The van der Waals surface area contributed by atoms with Crippen molar-refractivity contribution in [3.63, 3.8) is 0 Å². The number of aliphatic hydroxyl groups is 2. The van der Waals surface area contributed by atoms with Crippen LogP contribution in [-0.2, 0) is 33.4 Å². The largest absolute Gasteiger partial charge is 0.488 e. The number of amides is 3. The van der Waals surface area contributed by atoms with Gasteiger partial charge >= 0.3 is 0 Å². The zero-order valence-electron chi connectivity index (χ0n) is 23.4. The number of morpholine rings is 1. The third-order valence-corrected chi connectivity index (χ3v) is 6.81. The van der Waals surface area contributed by atoms with Crippen molar-refractivity contribution in [2.75, 3.05) is 26.3 Å². The normalized spacial score (nSPS) is 19.1. The molecule has 3 N–H and O–H groups in total. The van der Waals surface area contributed by atoms with Gasteiger partial charge in [0, 0.05) is 41.8 Å².